The molecule has 0 unspecified atom stereocenters. The number of carbonyl (C=O) groups is 1. The van der Waals surface area contributed by atoms with E-state index in [4.69, 9.17) is 4.74 Å². The molecule has 0 spiro atoms. The fourth-order valence-electron chi connectivity index (χ4n) is 2.98. The highest BCUT2D eigenvalue weighted by molar-refractivity contribution is 5.76. The molecule has 6 nitrogen and oxygen atoms in total. The van der Waals surface area contributed by atoms with Crippen molar-refractivity contribution in [1.29, 1.82) is 0 Å². The van der Waals surface area contributed by atoms with Gasteiger partial charge in [-0.25, -0.2) is 4.98 Å². The van der Waals surface area contributed by atoms with Crippen LogP contribution in [-0.2, 0) is 9.53 Å². The minimum atomic E-state index is 0.268. The molecule has 0 N–H and O–H groups in total. The molecule has 2 aliphatic heterocycles. The molecule has 21 heavy (non-hydrogen) atoms. The first-order valence-corrected chi connectivity index (χ1v) is 7.69. The summed E-state index contributed by atoms with van der Waals surface area (Å²) in [5.74, 6) is 1.57. The number of nitrogens with zero attached hydrogens (tertiary/aromatic N) is 4. The Balaban J connectivity index is 1.47. The summed E-state index contributed by atoms with van der Waals surface area (Å²) in [6.07, 6.45) is 7.98. The van der Waals surface area contributed by atoms with E-state index in [2.05, 4.69) is 14.9 Å². The van der Waals surface area contributed by atoms with Gasteiger partial charge in [0.15, 0.2) is 0 Å². The van der Waals surface area contributed by atoms with E-state index in [0.29, 0.717) is 12.3 Å². The smallest absolute Gasteiger partial charge is 0.223 e. The highest BCUT2D eigenvalue weighted by Gasteiger charge is 2.25. The molecule has 2 saturated heterocycles. The van der Waals surface area contributed by atoms with Gasteiger partial charge in [0.25, 0.3) is 0 Å². The predicted octanol–water partition coefficient (Wildman–Crippen LogP) is 0.942. The minimum absolute atomic E-state index is 0.268. The topological polar surface area (TPSA) is 58.6 Å². The zero-order valence-corrected chi connectivity index (χ0v) is 12.3. The molecule has 3 rings (SSSR count). The second kappa shape index (κ2) is 6.85. The van der Waals surface area contributed by atoms with E-state index in [1.54, 1.807) is 18.6 Å². The van der Waals surface area contributed by atoms with Gasteiger partial charge in [0.1, 0.15) is 5.82 Å². The van der Waals surface area contributed by atoms with Crippen molar-refractivity contribution >= 4 is 11.7 Å². The van der Waals surface area contributed by atoms with Crippen LogP contribution >= 0.6 is 0 Å². The molecular formula is C15H22N4O2. The maximum atomic E-state index is 12.3. The Morgan fingerprint density at radius 3 is 2.81 bits per heavy atom. The van der Waals surface area contributed by atoms with Crippen LogP contribution in [0.25, 0.3) is 0 Å². The lowest BCUT2D eigenvalue weighted by Gasteiger charge is -2.36. The zero-order valence-electron chi connectivity index (χ0n) is 12.3. The van der Waals surface area contributed by atoms with E-state index in [9.17, 15) is 4.79 Å². The number of ether oxygens (including phenoxy) is 1. The second-order valence-corrected chi connectivity index (χ2v) is 5.72. The van der Waals surface area contributed by atoms with Crippen LogP contribution in [0, 0.1) is 5.92 Å². The summed E-state index contributed by atoms with van der Waals surface area (Å²) in [5, 5.41) is 0. The molecule has 114 valence electrons. The highest BCUT2D eigenvalue weighted by Crippen LogP contribution is 2.19. The number of carbonyl (C=O) groups excluding carboxylic acids is 1. The van der Waals surface area contributed by atoms with E-state index in [0.717, 1.165) is 58.1 Å². The Morgan fingerprint density at radius 1 is 1.29 bits per heavy atom. The van der Waals surface area contributed by atoms with E-state index >= 15 is 0 Å². The standard InChI is InChI=1S/C15H22N4O2/c20-15(10-13-2-1-9-21-12-13)19-7-5-18(6-8-19)14-11-16-3-4-17-14/h3-4,11,13H,1-2,5-10,12H2/t13-/m1/s1. The van der Waals surface area contributed by atoms with Crippen molar-refractivity contribution in [2.45, 2.75) is 19.3 Å². The lowest BCUT2D eigenvalue weighted by molar-refractivity contribution is -0.133. The SMILES string of the molecule is O=C(C[C@H]1CCCOC1)N1CCN(c2cnccn2)CC1. The molecule has 0 aliphatic carbocycles. The number of piperazine rings is 1. The van der Waals surface area contributed by atoms with Gasteiger partial charge >= 0.3 is 0 Å². The van der Waals surface area contributed by atoms with Crippen molar-refractivity contribution in [3.8, 4) is 0 Å². The molecule has 2 aliphatic rings. The number of hydrogen-bond acceptors (Lipinski definition) is 5. The lowest BCUT2D eigenvalue weighted by Crippen LogP contribution is -2.49. The molecular weight excluding hydrogens is 268 g/mol. The van der Waals surface area contributed by atoms with Gasteiger partial charge in [-0.1, -0.05) is 0 Å². The number of aromatic nitrogens is 2. The number of hydrogen-bond donors (Lipinski definition) is 0. The fourth-order valence-corrected chi connectivity index (χ4v) is 2.98. The lowest BCUT2D eigenvalue weighted by atomic mass is 9.98. The second-order valence-electron chi connectivity index (χ2n) is 5.72. The van der Waals surface area contributed by atoms with Crippen LogP contribution in [0.2, 0.25) is 0 Å². The van der Waals surface area contributed by atoms with Crippen molar-refractivity contribution in [2.75, 3.05) is 44.3 Å². The molecule has 0 saturated carbocycles. The largest absolute Gasteiger partial charge is 0.381 e. The maximum absolute atomic E-state index is 12.3. The van der Waals surface area contributed by atoms with Crippen molar-refractivity contribution in [3.63, 3.8) is 0 Å². The van der Waals surface area contributed by atoms with Crippen molar-refractivity contribution < 1.29 is 9.53 Å². The first-order chi connectivity index (χ1) is 10.3. The molecule has 1 aromatic rings. The molecule has 3 heterocycles. The average molecular weight is 290 g/mol. The summed E-state index contributed by atoms with van der Waals surface area (Å²) in [4.78, 5) is 24.9. The van der Waals surface area contributed by atoms with E-state index in [1.165, 1.54) is 0 Å². The first kappa shape index (κ1) is 14.3. The normalized spacial score (nSPS) is 23.1. The number of rotatable bonds is 3. The molecule has 0 bridgehead atoms. The number of anilines is 1. The molecule has 1 aromatic heterocycles. The Morgan fingerprint density at radius 2 is 2.14 bits per heavy atom. The maximum Gasteiger partial charge on any atom is 0.223 e. The van der Waals surface area contributed by atoms with E-state index < -0.39 is 0 Å². The minimum Gasteiger partial charge on any atom is -0.381 e. The molecule has 6 heteroatoms. The molecule has 0 radical (unpaired) electrons. The van der Waals surface area contributed by atoms with Crippen LogP contribution in [0.5, 0.6) is 0 Å². The summed E-state index contributed by atoms with van der Waals surface area (Å²) in [7, 11) is 0. The summed E-state index contributed by atoms with van der Waals surface area (Å²) >= 11 is 0. The Labute approximate surface area is 125 Å². The van der Waals surface area contributed by atoms with Gasteiger partial charge in [0.2, 0.25) is 5.91 Å². The monoisotopic (exact) mass is 290 g/mol. The summed E-state index contributed by atoms with van der Waals surface area (Å²) in [6.45, 7) is 4.77. The fraction of sp³-hybridized carbons (Fsp3) is 0.667. The summed E-state index contributed by atoms with van der Waals surface area (Å²) < 4.78 is 5.45. The van der Waals surface area contributed by atoms with E-state index in [1.807, 2.05) is 4.90 Å². The molecule has 2 fully saturated rings. The summed E-state index contributed by atoms with van der Waals surface area (Å²) in [6, 6.07) is 0. The van der Waals surface area contributed by atoms with Crippen molar-refractivity contribution in [2.24, 2.45) is 5.92 Å². The molecule has 1 amide bonds. The zero-order chi connectivity index (χ0) is 14.5. The Bertz CT molecular complexity index is 454. The van der Waals surface area contributed by atoms with E-state index in [-0.39, 0.29) is 5.91 Å². The van der Waals surface area contributed by atoms with Crippen molar-refractivity contribution in [3.05, 3.63) is 18.6 Å². The summed E-state index contributed by atoms with van der Waals surface area (Å²) in [5.41, 5.74) is 0. The van der Waals surface area contributed by atoms with Crippen molar-refractivity contribution in [1.82, 2.24) is 14.9 Å². The first-order valence-electron chi connectivity index (χ1n) is 7.69. The molecule has 1 atom stereocenters. The average Bonchev–Trinajstić information content (AvgIpc) is 2.57. The number of amides is 1. The quantitative estimate of drug-likeness (QED) is 0.829. The third kappa shape index (κ3) is 3.69. The molecule has 0 aromatic carbocycles. The third-order valence-corrected chi connectivity index (χ3v) is 4.22. The van der Waals surface area contributed by atoms with Gasteiger partial charge in [-0.15, -0.1) is 0 Å². The van der Waals surface area contributed by atoms with Gasteiger partial charge in [0.05, 0.1) is 6.20 Å². The van der Waals surface area contributed by atoms with Gasteiger partial charge in [-0.3, -0.25) is 9.78 Å². The van der Waals surface area contributed by atoms with Crippen LogP contribution in [0.15, 0.2) is 18.6 Å². The Kier molecular flexibility index (Phi) is 4.65. The Hall–Kier alpha value is -1.69. The van der Waals surface area contributed by atoms with Crippen LogP contribution in [0.3, 0.4) is 0 Å². The van der Waals surface area contributed by atoms with Crippen LogP contribution < -0.4 is 4.90 Å². The van der Waals surface area contributed by atoms with Crippen LogP contribution in [0.4, 0.5) is 5.82 Å². The van der Waals surface area contributed by atoms with Gasteiger partial charge in [-0.05, 0) is 18.8 Å². The van der Waals surface area contributed by atoms with Gasteiger partial charge < -0.3 is 14.5 Å². The highest BCUT2D eigenvalue weighted by atomic mass is 16.5. The van der Waals surface area contributed by atoms with Crippen LogP contribution in [-0.4, -0.2) is 60.2 Å². The van der Waals surface area contributed by atoms with Crippen LogP contribution in [0.1, 0.15) is 19.3 Å². The van der Waals surface area contributed by atoms with Gasteiger partial charge in [0, 0.05) is 58.2 Å². The van der Waals surface area contributed by atoms with Gasteiger partial charge in [-0.2, -0.15) is 0 Å². The third-order valence-electron chi connectivity index (χ3n) is 4.22. The predicted molar refractivity (Wildman–Crippen MR) is 79.0 cm³/mol.